The van der Waals surface area contributed by atoms with E-state index in [1.807, 2.05) is 32.0 Å². The van der Waals surface area contributed by atoms with E-state index in [-0.39, 0.29) is 18.4 Å². The number of aryl methyl sites for hydroxylation is 2. The zero-order chi connectivity index (χ0) is 18.5. The second kappa shape index (κ2) is 7.65. The Balaban J connectivity index is 1.54. The van der Waals surface area contributed by atoms with Crippen LogP contribution >= 0.6 is 0 Å². The highest BCUT2D eigenvalue weighted by Crippen LogP contribution is 2.17. The van der Waals surface area contributed by atoms with Gasteiger partial charge in [0.2, 0.25) is 5.91 Å². The number of amides is 2. The lowest BCUT2D eigenvalue weighted by molar-refractivity contribution is -0.115. The second-order valence-corrected chi connectivity index (χ2v) is 6.12. The Labute approximate surface area is 151 Å². The lowest BCUT2D eigenvalue weighted by Gasteiger charge is -2.08. The first-order chi connectivity index (χ1) is 12.5. The summed E-state index contributed by atoms with van der Waals surface area (Å²) in [4.78, 5) is 31.4. The molecule has 0 aliphatic carbocycles. The summed E-state index contributed by atoms with van der Waals surface area (Å²) in [6, 6.07) is 12.9. The molecule has 2 aromatic carbocycles. The first kappa shape index (κ1) is 17.4. The minimum Gasteiger partial charge on any atom is -0.345 e. The molecule has 0 atom stereocenters. The summed E-state index contributed by atoms with van der Waals surface area (Å²) in [6.45, 7) is 3.78. The van der Waals surface area contributed by atoms with Crippen LogP contribution in [0.4, 0.5) is 5.69 Å². The molecule has 6 heteroatoms. The number of carbonyl (C=O) groups is 2. The Morgan fingerprint density at radius 1 is 1.04 bits per heavy atom. The molecule has 132 valence electrons. The van der Waals surface area contributed by atoms with Crippen LogP contribution in [0.5, 0.6) is 0 Å². The number of carbonyl (C=O) groups excluding carboxylic acids is 2. The van der Waals surface area contributed by atoms with Crippen LogP contribution < -0.4 is 10.6 Å². The quantitative estimate of drug-likeness (QED) is 0.662. The number of nitrogens with zero attached hydrogens (tertiary/aromatic N) is 1. The fourth-order valence-electron chi connectivity index (χ4n) is 2.71. The van der Waals surface area contributed by atoms with E-state index in [1.165, 1.54) is 0 Å². The highest BCUT2D eigenvalue weighted by atomic mass is 16.2. The molecule has 0 unspecified atom stereocenters. The third-order valence-corrected chi connectivity index (χ3v) is 3.83. The molecule has 1 aromatic heterocycles. The number of H-pyrrole nitrogens is 1. The summed E-state index contributed by atoms with van der Waals surface area (Å²) in [5, 5.41) is 5.40. The van der Waals surface area contributed by atoms with Gasteiger partial charge in [-0.15, -0.1) is 0 Å². The van der Waals surface area contributed by atoms with Crippen LogP contribution in [0, 0.1) is 13.8 Å². The normalized spacial score (nSPS) is 10.4. The Morgan fingerprint density at radius 3 is 2.35 bits per heavy atom. The zero-order valence-electron chi connectivity index (χ0n) is 14.7. The van der Waals surface area contributed by atoms with Crippen LogP contribution in [0.25, 0.3) is 11.4 Å². The van der Waals surface area contributed by atoms with Gasteiger partial charge in [-0.2, -0.15) is 0 Å². The van der Waals surface area contributed by atoms with E-state index in [1.54, 1.807) is 36.7 Å². The first-order valence-electron chi connectivity index (χ1n) is 8.27. The topological polar surface area (TPSA) is 86.9 Å². The molecule has 26 heavy (non-hydrogen) atoms. The van der Waals surface area contributed by atoms with Crippen LogP contribution in [0.15, 0.2) is 54.9 Å². The molecule has 0 fully saturated rings. The molecule has 0 radical (unpaired) electrons. The molecule has 0 bridgehead atoms. The van der Waals surface area contributed by atoms with Crippen molar-refractivity contribution in [2.75, 3.05) is 11.9 Å². The summed E-state index contributed by atoms with van der Waals surface area (Å²) in [7, 11) is 0. The van der Waals surface area contributed by atoms with E-state index in [9.17, 15) is 9.59 Å². The summed E-state index contributed by atoms with van der Waals surface area (Å²) in [5.41, 5.74) is 4.16. The minimum atomic E-state index is -0.284. The molecule has 1 heterocycles. The lowest BCUT2D eigenvalue weighted by atomic mass is 10.1. The van der Waals surface area contributed by atoms with Crippen LogP contribution in [0.3, 0.4) is 0 Å². The van der Waals surface area contributed by atoms with E-state index in [2.05, 4.69) is 20.6 Å². The van der Waals surface area contributed by atoms with Gasteiger partial charge in [0.15, 0.2) is 0 Å². The molecule has 3 N–H and O–H groups in total. The zero-order valence-corrected chi connectivity index (χ0v) is 14.7. The third kappa shape index (κ3) is 4.36. The van der Waals surface area contributed by atoms with Crippen molar-refractivity contribution >= 4 is 17.5 Å². The first-order valence-corrected chi connectivity index (χ1v) is 8.27. The van der Waals surface area contributed by atoms with Crippen LogP contribution in [0.1, 0.15) is 21.5 Å². The van der Waals surface area contributed by atoms with E-state index in [0.717, 1.165) is 22.5 Å². The number of aromatic amines is 1. The van der Waals surface area contributed by atoms with Gasteiger partial charge in [-0.1, -0.05) is 17.2 Å². The maximum absolute atomic E-state index is 12.2. The molecule has 3 aromatic rings. The number of hydrogen-bond donors (Lipinski definition) is 3. The van der Waals surface area contributed by atoms with E-state index < -0.39 is 0 Å². The number of imidazole rings is 1. The highest BCUT2D eigenvalue weighted by Gasteiger charge is 2.09. The molecular formula is C20H20N4O2. The highest BCUT2D eigenvalue weighted by molar-refractivity contribution is 5.99. The minimum absolute atomic E-state index is 0.0915. The average molecular weight is 348 g/mol. The predicted octanol–water partition coefficient (Wildman–Crippen LogP) is 3.06. The largest absolute Gasteiger partial charge is 0.345 e. The second-order valence-electron chi connectivity index (χ2n) is 6.12. The number of rotatable bonds is 5. The average Bonchev–Trinajstić information content (AvgIpc) is 3.14. The SMILES string of the molecule is Cc1cc(C)cc(C(=O)NCC(=O)Nc2ccc(-c3ncc[nH]3)cc2)c1. The fraction of sp³-hybridized carbons (Fsp3) is 0.150. The number of anilines is 1. The van der Waals surface area contributed by atoms with Crippen LogP contribution in [-0.2, 0) is 4.79 Å². The molecule has 2 amide bonds. The maximum Gasteiger partial charge on any atom is 0.251 e. The van der Waals surface area contributed by atoms with E-state index >= 15 is 0 Å². The van der Waals surface area contributed by atoms with Crippen LogP contribution in [-0.4, -0.2) is 28.3 Å². The maximum atomic E-state index is 12.2. The van der Waals surface area contributed by atoms with Crippen LogP contribution in [0.2, 0.25) is 0 Å². The molecule has 0 aliphatic rings. The molecule has 3 rings (SSSR count). The van der Waals surface area contributed by atoms with Gasteiger partial charge >= 0.3 is 0 Å². The molecule has 0 saturated carbocycles. The summed E-state index contributed by atoms with van der Waals surface area (Å²) in [5.74, 6) is 0.220. The van der Waals surface area contributed by atoms with Gasteiger partial charge in [-0.25, -0.2) is 4.98 Å². The Bertz CT molecular complexity index is 895. The van der Waals surface area contributed by atoms with Gasteiger partial charge in [0, 0.05) is 29.2 Å². The van der Waals surface area contributed by atoms with Crippen molar-refractivity contribution in [2.24, 2.45) is 0 Å². The lowest BCUT2D eigenvalue weighted by Crippen LogP contribution is -2.32. The van der Waals surface area contributed by atoms with Crippen molar-refractivity contribution in [3.63, 3.8) is 0 Å². The smallest absolute Gasteiger partial charge is 0.251 e. The van der Waals surface area contributed by atoms with E-state index in [0.29, 0.717) is 11.3 Å². The number of nitrogens with one attached hydrogen (secondary N) is 3. The molecule has 0 saturated heterocycles. The van der Waals surface area contributed by atoms with Gasteiger partial charge in [0.1, 0.15) is 5.82 Å². The van der Waals surface area contributed by atoms with E-state index in [4.69, 9.17) is 0 Å². The van der Waals surface area contributed by atoms with Crippen molar-refractivity contribution in [3.8, 4) is 11.4 Å². The number of hydrogen-bond acceptors (Lipinski definition) is 3. The van der Waals surface area contributed by atoms with Crippen molar-refractivity contribution in [3.05, 3.63) is 71.5 Å². The third-order valence-electron chi connectivity index (χ3n) is 3.83. The molecular weight excluding hydrogens is 328 g/mol. The van der Waals surface area contributed by atoms with Gasteiger partial charge in [-0.05, 0) is 50.2 Å². The molecule has 6 nitrogen and oxygen atoms in total. The Morgan fingerprint density at radius 2 is 1.73 bits per heavy atom. The summed E-state index contributed by atoms with van der Waals surface area (Å²) in [6.07, 6.45) is 3.44. The van der Waals surface area contributed by atoms with Gasteiger partial charge in [0.05, 0.1) is 6.54 Å². The molecule has 0 spiro atoms. The number of benzene rings is 2. The van der Waals surface area contributed by atoms with Gasteiger partial charge in [-0.3, -0.25) is 9.59 Å². The Hall–Kier alpha value is -3.41. The summed E-state index contributed by atoms with van der Waals surface area (Å²) < 4.78 is 0. The van der Waals surface area contributed by atoms with Crippen molar-refractivity contribution in [1.82, 2.24) is 15.3 Å². The van der Waals surface area contributed by atoms with Gasteiger partial charge < -0.3 is 15.6 Å². The standard InChI is InChI=1S/C20H20N4O2/c1-13-9-14(2)11-16(10-13)20(26)23-12-18(25)24-17-5-3-15(4-6-17)19-21-7-8-22-19/h3-11H,12H2,1-2H3,(H,21,22)(H,23,26)(H,24,25). The van der Waals surface area contributed by atoms with Gasteiger partial charge in [0.25, 0.3) is 5.91 Å². The Kier molecular flexibility index (Phi) is 5.12. The fourth-order valence-corrected chi connectivity index (χ4v) is 2.71. The van der Waals surface area contributed by atoms with Crippen molar-refractivity contribution in [2.45, 2.75) is 13.8 Å². The molecule has 0 aliphatic heterocycles. The number of aromatic nitrogens is 2. The van der Waals surface area contributed by atoms with Crippen molar-refractivity contribution < 1.29 is 9.59 Å². The monoisotopic (exact) mass is 348 g/mol. The summed E-state index contributed by atoms with van der Waals surface area (Å²) >= 11 is 0. The van der Waals surface area contributed by atoms with Crippen molar-refractivity contribution in [1.29, 1.82) is 0 Å². The predicted molar refractivity (Wildman–Crippen MR) is 101 cm³/mol.